The summed E-state index contributed by atoms with van der Waals surface area (Å²) in [5.74, 6) is -1.71. The molecule has 103 valence electrons. The zero-order chi connectivity index (χ0) is 14.5. The van der Waals surface area contributed by atoms with Crippen molar-refractivity contribution in [1.29, 1.82) is 0 Å². The van der Waals surface area contributed by atoms with Gasteiger partial charge in [0.1, 0.15) is 5.75 Å². The lowest BCUT2D eigenvalue weighted by molar-refractivity contribution is -0.134. The molecule has 0 aliphatic carbocycles. The van der Waals surface area contributed by atoms with Gasteiger partial charge in [-0.05, 0) is 24.1 Å². The number of hydrogen-bond donors (Lipinski definition) is 3. The maximum absolute atomic E-state index is 11.1. The molecule has 1 heterocycles. The number of aromatic nitrogens is 1. The summed E-state index contributed by atoms with van der Waals surface area (Å²) in [6, 6.07) is 6.85. The molecule has 2 amide bonds. The van der Waals surface area contributed by atoms with Gasteiger partial charge in [-0.2, -0.15) is 0 Å². The summed E-state index contributed by atoms with van der Waals surface area (Å²) in [5.41, 5.74) is 6.56. The molecular formula is C13H12N3O3S. The second kappa shape index (κ2) is 6.16. The molecule has 2 rings (SSSR count). The fourth-order valence-corrected chi connectivity index (χ4v) is 2.14. The predicted octanol–water partition coefficient (Wildman–Crippen LogP) is 1.07. The van der Waals surface area contributed by atoms with Crippen molar-refractivity contribution < 1.29 is 14.7 Å². The number of carbonyl (C=O) groups is 2. The van der Waals surface area contributed by atoms with Gasteiger partial charge in [-0.1, -0.05) is 12.1 Å². The highest BCUT2D eigenvalue weighted by atomic mass is 32.1. The van der Waals surface area contributed by atoms with Gasteiger partial charge in [0.25, 0.3) is 0 Å². The lowest BCUT2D eigenvalue weighted by atomic mass is 10.1. The van der Waals surface area contributed by atoms with Gasteiger partial charge in [0.2, 0.25) is 0 Å². The Kier molecular flexibility index (Phi) is 4.31. The Bertz CT molecular complexity index is 622. The molecule has 1 radical (unpaired) electrons. The van der Waals surface area contributed by atoms with Crippen LogP contribution in [0.15, 0.2) is 29.6 Å². The molecule has 6 nitrogen and oxygen atoms in total. The summed E-state index contributed by atoms with van der Waals surface area (Å²) in [7, 11) is 0. The van der Waals surface area contributed by atoms with E-state index in [1.807, 2.05) is 18.6 Å². The molecule has 2 aromatic rings. The Morgan fingerprint density at radius 1 is 1.35 bits per heavy atom. The molecule has 0 fully saturated rings. The molecule has 0 spiro atoms. The molecule has 0 aliphatic rings. The van der Waals surface area contributed by atoms with Gasteiger partial charge < -0.3 is 10.8 Å². The zero-order valence-corrected chi connectivity index (χ0v) is 11.2. The minimum Gasteiger partial charge on any atom is -0.508 e. The summed E-state index contributed by atoms with van der Waals surface area (Å²) in [5, 5.41) is 13.6. The molecule has 1 aromatic heterocycles. The number of carbonyl (C=O) groups excluding carboxylic acids is 2. The number of nitrogens with two attached hydrogens (primary N) is 1. The first-order valence-electron chi connectivity index (χ1n) is 5.72. The van der Waals surface area contributed by atoms with E-state index in [-0.39, 0.29) is 5.75 Å². The fourth-order valence-electron chi connectivity index (χ4n) is 1.45. The third-order valence-corrected chi connectivity index (χ3v) is 3.23. The average Bonchev–Trinajstić information content (AvgIpc) is 2.85. The van der Waals surface area contributed by atoms with Crippen LogP contribution in [0.25, 0.3) is 0 Å². The second-order valence-corrected chi connectivity index (χ2v) is 4.83. The number of nitrogens with zero attached hydrogens (tertiary/aromatic N) is 1. The number of anilines is 1. The first-order chi connectivity index (χ1) is 9.54. The topological polar surface area (TPSA) is 105 Å². The number of nitrogens with one attached hydrogen (secondary N) is 1. The van der Waals surface area contributed by atoms with E-state index in [2.05, 4.69) is 10.3 Å². The van der Waals surface area contributed by atoms with Gasteiger partial charge in [0.05, 0.1) is 5.69 Å². The van der Waals surface area contributed by atoms with Crippen LogP contribution in [0.3, 0.4) is 0 Å². The summed E-state index contributed by atoms with van der Waals surface area (Å²) in [4.78, 5) is 25.8. The Balaban J connectivity index is 1.91. The molecule has 20 heavy (non-hydrogen) atoms. The molecule has 0 unspecified atom stereocenters. The van der Waals surface area contributed by atoms with Crippen molar-refractivity contribution in [3.8, 4) is 5.75 Å². The molecule has 4 N–H and O–H groups in total. The number of amides is 2. The van der Waals surface area contributed by atoms with Crippen molar-refractivity contribution in [2.45, 2.75) is 6.42 Å². The van der Waals surface area contributed by atoms with Crippen LogP contribution in [0.4, 0.5) is 5.13 Å². The van der Waals surface area contributed by atoms with Gasteiger partial charge in [-0.25, -0.2) is 4.98 Å². The fraction of sp³-hybridized carbons (Fsp3) is 0.0769. The second-order valence-electron chi connectivity index (χ2n) is 3.97. The Hall–Kier alpha value is -2.41. The van der Waals surface area contributed by atoms with Gasteiger partial charge in [0, 0.05) is 11.8 Å². The lowest BCUT2D eigenvalue weighted by Crippen LogP contribution is -2.29. The monoisotopic (exact) mass is 290 g/mol. The molecule has 0 saturated carbocycles. The summed E-state index contributed by atoms with van der Waals surface area (Å²) in [6.45, 7) is 0. The van der Waals surface area contributed by atoms with Crippen molar-refractivity contribution >= 4 is 28.3 Å². The molecule has 0 aliphatic heterocycles. The number of benzene rings is 1. The first kappa shape index (κ1) is 14.0. The van der Waals surface area contributed by atoms with Crippen molar-refractivity contribution in [2.75, 3.05) is 5.32 Å². The maximum atomic E-state index is 11.1. The lowest BCUT2D eigenvalue weighted by Gasteiger charge is -1.99. The van der Waals surface area contributed by atoms with E-state index in [9.17, 15) is 14.7 Å². The highest BCUT2D eigenvalue weighted by Gasteiger charge is 2.11. The smallest absolute Gasteiger partial charge is 0.315 e. The minimum atomic E-state index is -1.05. The first-order valence-corrected chi connectivity index (χ1v) is 6.60. The highest BCUT2D eigenvalue weighted by molar-refractivity contribution is 7.14. The molecular weight excluding hydrogens is 278 g/mol. The molecule has 7 heteroatoms. The van der Waals surface area contributed by atoms with Crippen LogP contribution in [0.2, 0.25) is 0 Å². The van der Waals surface area contributed by atoms with Crippen LogP contribution in [0, 0.1) is 6.42 Å². The number of primary amides is 1. The van der Waals surface area contributed by atoms with Crippen molar-refractivity contribution in [2.24, 2.45) is 5.73 Å². The van der Waals surface area contributed by atoms with E-state index < -0.39 is 11.8 Å². The average molecular weight is 290 g/mol. The standard InChI is InChI=1S/C13H12N3O3S/c14-11(18)12(19)16-13-15-9(7-20-13)4-1-8-2-5-10(17)6-3-8/h2-7,17H,1H2,(H2,14,18)(H,15,16,19). The Morgan fingerprint density at radius 2 is 2.05 bits per heavy atom. The van der Waals surface area contributed by atoms with Gasteiger partial charge in [-0.15, -0.1) is 11.3 Å². The molecule has 0 atom stereocenters. The normalized spacial score (nSPS) is 10.2. The zero-order valence-electron chi connectivity index (χ0n) is 10.4. The van der Waals surface area contributed by atoms with Crippen molar-refractivity contribution in [3.05, 3.63) is 47.3 Å². The van der Waals surface area contributed by atoms with Crippen LogP contribution in [-0.4, -0.2) is 21.9 Å². The summed E-state index contributed by atoms with van der Waals surface area (Å²) < 4.78 is 0. The molecule has 1 aromatic carbocycles. The quantitative estimate of drug-likeness (QED) is 0.732. The summed E-state index contributed by atoms with van der Waals surface area (Å²) >= 11 is 1.21. The predicted molar refractivity (Wildman–Crippen MR) is 75.2 cm³/mol. The van der Waals surface area contributed by atoms with Gasteiger partial charge >= 0.3 is 11.8 Å². The van der Waals surface area contributed by atoms with Gasteiger partial charge in [-0.3, -0.25) is 14.9 Å². The van der Waals surface area contributed by atoms with E-state index >= 15 is 0 Å². The number of thiazole rings is 1. The van der Waals surface area contributed by atoms with E-state index in [0.29, 0.717) is 17.2 Å². The van der Waals surface area contributed by atoms with E-state index in [1.165, 1.54) is 11.3 Å². The summed E-state index contributed by atoms with van der Waals surface area (Å²) in [6.07, 6.45) is 2.52. The van der Waals surface area contributed by atoms with E-state index in [1.54, 1.807) is 17.5 Å². The maximum Gasteiger partial charge on any atom is 0.315 e. The highest BCUT2D eigenvalue weighted by Crippen LogP contribution is 2.18. The van der Waals surface area contributed by atoms with Crippen molar-refractivity contribution in [3.63, 3.8) is 0 Å². The van der Waals surface area contributed by atoms with E-state index in [0.717, 1.165) is 5.56 Å². The Labute approximate surface area is 119 Å². The number of aromatic hydroxyl groups is 1. The number of hydrogen-bond acceptors (Lipinski definition) is 5. The number of rotatable bonds is 4. The molecule has 0 bridgehead atoms. The molecule has 0 saturated heterocycles. The third kappa shape index (κ3) is 3.79. The van der Waals surface area contributed by atoms with Crippen molar-refractivity contribution in [1.82, 2.24) is 4.98 Å². The van der Waals surface area contributed by atoms with Crippen LogP contribution in [0.1, 0.15) is 11.3 Å². The van der Waals surface area contributed by atoms with Gasteiger partial charge in [0.15, 0.2) is 5.13 Å². The number of phenolic OH excluding ortho intramolecular Hbond substituents is 1. The van der Waals surface area contributed by atoms with Crippen LogP contribution >= 0.6 is 11.3 Å². The van der Waals surface area contributed by atoms with Crippen LogP contribution in [0.5, 0.6) is 5.75 Å². The third-order valence-electron chi connectivity index (χ3n) is 2.45. The minimum absolute atomic E-state index is 0.221. The number of phenols is 1. The largest absolute Gasteiger partial charge is 0.508 e. The Morgan fingerprint density at radius 3 is 2.70 bits per heavy atom. The van der Waals surface area contributed by atoms with Crippen LogP contribution in [-0.2, 0) is 16.0 Å². The SMILES string of the molecule is NC(=O)C(=O)Nc1nc([CH]Cc2ccc(O)cc2)cs1. The van der Waals surface area contributed by atoms with E-state index in [4.69, 9.17) is 5.73 Å². The van der Waals surface area contributed by atoms with Crippen LogP contribution < -0.4 is 11.1 Å².